The van der Waals surface area contributed by atoms with Crippen molar-refractivity contribution in [1.82, 2.24) is 29.3 Å². The third-order valence-electron chi connectivity index (χ3n) is 8.81. The summed E-state index contributed by atoms with van der Waals surface area (Å²) in [5, 5.41) is 17.9. The number of nitrogens with zero attached hydrogens (tertiary/aromatic N) is 7. The molecule has 1 unspecified atom stereocenters. The molecule has 0 amide bonds. The van der Waals surface area contributed by atoms with E-state index in [1.807, 2.05) is 36.5 Å². The van der Waals surface area contributed by atoms with E-state index >= 15 is 0 Å². The van der Waals surface area contributed by atoms with Crippen LogP contribution in [0.25, 0.3) is 16.6 Å². The summed E-state index contributed by atoms with van der Waals surface area (Å²) >= 11 is 7.31. The normalized spacial score (nSPS) is 15.2. The summed E-state index contributed by atoms with van der Waals surface area (Å²) < 4.78 is 43.5. The van der Waals surface area contributed by atoms with Gasteiger partial charge in [-0.05, 0) is 66.8 Å². The number of aryl methyl sites for hydroxylation is 1. The number of aromatic nitrogens is 6. The fourth-order valence-electron chi connectivity index (χ4n) is 6.34. The van der Waals surface area contributed by atoms with Crippen molar-refractivity contribution in [3.05, 3.63) is 130 Å². The van der Waals surface area contributed by atoms with Crippen LogP contribution in [-0.4, -0.2) is 47.5 Å². The van der Waals surface area contributed by atoms with Crippen molar-refractivity contribution in [2.45, 2.75) is 37.5 Å². The van der Waals surface area contributed by atoms with Crippen molar-refractivity contribution < 1.29 is 18.3 Å². The van der Waals surface area contributed by atoms with Gasteiger partial charge in [-0.2, -0.15) is 18.3 Å². The van der Waals surface area contributed by atoms with Crippen LogP contribution < -0.4 is 4.90 Å². The Balaban J connectivity index is 1.36. The molecular weight excluding hydrogens is 627 g/mol. The predicted molar refractivity (Wildman–Crippen MR) is 174 cm³/mol. The lowest BCUT2D eigenvalue weighted by Crippen LogP contribution is -2.32. The topological polar surface area (TPSA) is 84.9 Å². The Morgan fingerprint density at radius 3 is 2.34 bits per heavy atom. The van der Waals surface area contributed by atoms with Gasteiger partial charge < -0.3 is 14.6 Å². The lowest BCUT2D eigenvalue weighted by Gasteiger charge is -2.31. The highest BCUT2D eigenvalue weighted by Crippen LogP contribution is 2.41. The highest BCUT2D eigenvalue weighted by molar-refractivity contribution is 6.36. The molecule has 0 spiro atoms. The van der Waals surface area contributed by atoms with Gasteiger partial charge in [0.1, 0.15) is 11.5 Å². The molecule has 5 heterocycles. The van der Waals surface area contributed by atoms with Crippen molar-refractivity contribution in [2.75, 3.05) is 18.0 Å². The highest BCUT2D eigenvalue weighted by Gasteiger charge is 2.39. The van der Waals surface area contributed by atoms with Crippen molar-refractivity contribution in [1.29, 1.82) is 0 Å². The van der Waals surface area contributed by atoms with Crippen molar-refractivity contribution in [3.8, 4) is 5.69 Å². The molecule has 1 saturated heterocycles. The summed E-state index contributed by atoms with van der Waals surface area (Å²) in [5.74, 6) is 0.833. The van der Waals surface area contributed by atoms with Gasteiger partial charge in [0.2, 0.25) is 0 Å². The van der Waals surface area contributed by atoms with E-state index in [1.54, 1.807) is 40.7 Å². The zero-order valence-electron chi connectivity index (χ0n) is 25.5. The van der Waals surface area contributed by atoms with Gasteiger partial charge in [0.05, 0.1) is 34.4 Å². The number of aliphatic hydroxyl groups is 1. The maximum Gasteiger partial charge on any atom is 0.433 e. The largest absolute Gasteiger partial charge is 0.433 e. The lowest BCUT2D eigenvalue weighted by atomic mass is 9.83. The third-order valence-corrected chi connectivity index (χ3v) is 9.24. The van der Waals surface area contributed by atoms with Crippen LogP contribution >= 0.6 is 11.6 Å². The van der Waals surface area contributed by atoms with E-state index in [0.29, 0.717) is 33.6 Å². The summed E-state index contributed by atoms with van der Waals surface area (Å²) in [7, 11) is 1.71. The van der Waals surface area contributed by atoms with Crippen LogP contribution in [-0.2, 0) is 25.2 Å². The van der Waals surface area contributed by atoms with Crippen LogP contribution in [0.15, 0.2) is 91.8 Å². The monoisotopic (exact) mass is 657 g/mol. The predicted octanol–water partition coefficient (Wildman–Crippen LogP) is 7.09. The second-order valence-corrected chi connectivity index (χ2v) is 12.2. The summed E-state index contributed by atoms with van der Waals surface area (Å²) in [6, 6.07) is 17.4. The number of hydrogen-bond acceptors (Lipinski definition) is 6. The minimum Gasteiger partial charge on any atom is -0.374 e. The van der Waals surface area contributed by atoms with Gasteiger partial charge in [0.25, 0.3) is 0 Å². The number of anilines is 1. The SMILES string of the molecule is Cn1cncc1C(O)(c1ccc(C(F)(F)F)nc1)c1ccc2nc(N3CCCCC3)c(Cc3ccc(-n4cccn4)cc3)c(Cl)c2c1. The molecule has 1 fully saturated rings. The van der Waals surface area contributed by atoms with E-state index in [0.717, 1.165) is 67.2 Å². The maximum atomic E-state index is 13.4. The number of alkyl halides is 3. The van der Waals surface area contributed by atoms with E-state index in [4.69, 9.17) is 16.6 Å². The number of imidazole rings is 1. The molecule has 4 aromatic heterocycles. The van der Waals surface area contributed by atoms with Crippen LogP contribution in [0.1, 0.15) is 52.9 Å². The Morgan fingerprint density at radius 2 is 1.70 bits per heavy atom. The smallest absolute Gasteiger partial charge is 0.374 e. The van der Waals surface area contributed by atoms with Crippen LogP contribution in [0.5, 0.6) is 0 Å². The fourth-order valence-corrected chi connectivity index (χ4v) is 6.64. The number of fused-ring (bicyclic) bond motifs is 1. The Bertz CT molecular complexity index is 2020. The van der Waals surface area contributed by atoms with E-state index in [2.05, 4.69) is 20.0 Å². The summed E-state index contributed by atoms with van der Waals surface area (Å²) in [6.45, 7) is 1.75. The molecule has 0 bridgehead atoms. The first-order valence-electron chi connectivity index (χ1n) is 15.3. The van der Waals surface area contributed by atoms with Crippen molar-refractivity contribution >= 4 is 28.3 Å². The second-order valence-electron chi connectivity index (χ2n) is 11.8. The molecule has 240 valence electrons. The van der Waals surface area contributed by atoms with E-state index < -0.39 is 17.5 Å². The molecule has 12 heteroatoms. The van der Waals surface area contributed by atoms with Gasteiger partial charge in [-0.15, -0.1) is 0 Å². The first kappa shape index (κ1) is 30.9. The van der Waals surface area contributed by atoms with E-state index in [-0.39, 0.29) is 5.56 Å². The number of rotatable bonds is 7. The quantitative estimate of drug-likeness (QED) is 0.197. The van der Waals surface area contributed by atoms with Crippen molar-refractivity contribution in [2.24, 2.45) is 7.05 Å². The molecule has 1 aliphatic rings. The number of halogens is 4. The number of hydrogen-bond donors (Lipinski definition) is 1. The van der Waals surface area contributed by atoms with Gasteiger partial charge in [0.15, 0.2) is 5.60 Å². The summed E-state index contributed by atoms with van der Waals surface area (Å²) in [5.41, 5.74) is 1.44. The molecule has 1 aliphatic heterocycles. The molecule has 6 aromatic rings. The third kappa shape index (κ3) is 5.74. The fraction of sp³-hybridized carbons (Fsp3) is 0.257. The molecule has 7 rings (SSSR count). The first-order valence-corrected chi connectivity index (χ1v) is 15.7. The van der Waals surface area contributed by atoms with E-state index in [1.165, 1.54) is 18.6 Å². The maximum absolute atomic E-state index is 13.4. The molecular formula is C35H31ClF3N7O. The van der Waals surface area contributed by atoms with Crippen LogP contribution in [0.3, 0.4) is 0 Å². The minimum atomic E-state index is -4.62. The van der Waals surface area contributed by atoms with Crippen LogP contribution in [0.2, 0.25) is 5.02 Å². The molecule has 0 saturated carbocycles. The van der Waals surface area contributed by atoms with Gasteiger partial charge in [-0.3, -0.25) is 4.98 Å². The van der Waals surface area contributed by atoms with Crippen LogP contribution in [0.4, 0.5) is 19.0 Å². The molecule has 8 nitrogen and oxygen atoms in total. The Hall–Kier alpha value is -4.74. The molecule has 2 aromatic carbocycles. The second kappa shape index (κ2) is 12.1. The minimum absolute atomic E-state index is 0.153. The lowest BCUT2D eigenvalue weighted by molar-refractivity contribution is -0.141. The highest BCUT2D eigenvalue weighted by atomic mass is 35.5. The van der Waals surface area contributed by atoms with E-state index in [9.17, 15) is 18.3 Å². The number of pyridine rings is 2. The molecule has 1 N–H and O–H groups in total. The average Bonchev–Trinajstić information content (AvgIpc) is 3.79. The summed E-state index contributed by atoms with van der Waals surface area (Å²) in [6.07, 6.45) is 6.87. The Labute approximate surface area is 274 Å². The Kier molecular flexibility index (Phi) is 7.97. The average molecular weight is 658 g/mol. The standard InChI is InChI=1S/C35H31ClF3N7O/c1-44-22-40-21-31(44)34(47,25-9-13-30(41-20-25)35(37,38)39)24-8-12-29-27(19-24)32(36)28(33(43-29)45-15-3-2-4-16-45)18-23-6-10-26(11-7-23)46-17-5-14-42-46/h5-14,17,19-22,47H,2-4,15-16,18H2,1H3. The molecule has 1 atom stereocenters. The van der Waals surface area contributed by atoms with Gasteiger partial charge in [-0.25, -0.2) is 14.6 Å². The number of benzene rings is 2. The Morgan fingerprint density at radius 1 is 0.936 bits per heavy atom. The van der Waals surface area contributed by atoms with Crippen LogP contribution in [0, 0.1) is 0 Å². The summed E-state index contributed by atoms with van der Waals surface area (Å²) in [4.78, 5) is 15.2. The molecule has 0 radical (unpaired) electrons. The molecule has 0 aliphatic carbocycles. The zero-order chi connectivity index (χ0) is 32.8. The van der Waals surface area contributed by atoms with Gasteiger partial charge in [0, 0.05) is 61.7 Å². The number of piperidine rings is 1. The molecule has 47 heavy (non-hydrogen) atoms. The van der Waals surface area contributed by atoms with Gasteiger partial charge in [-0.1, -0.05) is 35.9 Å². The first-order chi connectivity index (χ1) is 22.6. The van der Waals surface area contributed by atoms with Gasteiger partial charge >= 0.3 is 6.18 Å². The zero-order valence-corrected chi connectivity index (χ0v) is 26.2. The van der Waals surface area contributed by atoms with Crippen molar-refractivity contribution in [3.63, 3.8) is 0 Å².